The van der Waals surface area contributed by atoms with E-state index in [4.69, 9.17) is 25.8 Å². The van der Waals surface area contributed by atoms with Crippen LogP contribution in [0.25, 0.3) is 0 Å². The number of hydrogen-bond donors (Lipinski definition) is 1. The summed E-state index contributed by atoms with van der Waals surface area (Å²) < 4.78 is 15.6. The highest BCUT2D eigenvalue weighted by molar-refractivity contribution is 7.09. The molecule has 13 heteroatoms. The molecule has 0 saturated carbocycles. The first-order chi connectivity index (χ1) is 16.5. The maximum Gasteiger partial charge on any atom is 0.289 e. The van der Waals surface area contributed by atoms with Crippen LogP contribution in [0.1, 0.15) is 34.3 Å². The molecule has 34 heavy (non-hydrogen) atoms. The zero-order valence-electron chi connectivity index (χ0n) is 19.2. The second-order valence-corrected chi connectivity index (χ2v) is 8.87. The molecule has 2 aromatic rings. The van der Waals surface area contributed by atoms with E-state index in [-0.39, 0.29) is 29.5 Å². The summed E-state index contributed by atoms with van der Waals surface area (Å²) in [5, 5.41) is 12.1. The Hall–Kier alpha value is -2.38. The van der Waals surface area contributed by atoms with Gasteiger partial charge in [-0.3, -0.25) is 20.0 Å². The molecule has 0 bridgehead atoms. The van der Waals surface area contributed by atoms with Gasteiger partial charge >= 0.3 is 0 Å². The van der Waals surface area contributed by atoms with Gasteiger partial charge < -0.3 is 19.1 Å². The van der Waals surface area contributed by atoms with E-state index in [1.54, 1.807) is 31.7 Å². The molecule has 1 N–H and O–H groups in total. The fraction of sp³-hybridized carbons (Fsp3) is 0.571. The Morgan fingerprint density at radius 3 is 2.62 bits per heavy atom. The van der Waals surface area contributed by atoms with E-state index in [0.29, 0.717) is 51.0 Å². The van der Waals surface area contributed by atoms with Crippen LogP contribution in [0.2, 0.25) is 5.15 Å². The number of halogens is 1. The van der Waals surface area contributed by atoms with Crippen LogP contribution in [0.15, 0.2) is 17.5 Å². The van der Waals surface area contributed by atoms with E-state index in [0.717, 1.165) is 17.8 Å². The normalized spacial score (nSPS) is 14.3. The van der Waals surface area contributed by atoms with Crippen molar-refractivity contribution < 1.29 is 23.8 Å². The van der Waals surface area contributed by atoms with E-state index >= 15 is 0 Å². The molecule has 1 saturated heterocycles. The molecule has 0 aliphatic carbocycles. The van der Waals surface area contributed by atoms with Crippen LogP contribution in [0, 0.1) is 0 Å². The van der Waals surface area contributed by atoms with Gasteiger partial charge in [0.05, 0.1) is 31.4 Å². The van der Waals surface area contributed by atoms with Gasteiger partial charge in [-0.2, -0.15) is 0 Å². The summed E-state index contributed by atoms with van der Waals surface area (Å²) in [6, 6.07) is 3.24. The lowest BCUT2D eigenvalue weighted by molar-refractivity contribution is -0.137. The third-order valence-electron chi connectivity index (χ3n) is 5.21. The summed E-state index contributed by atoms with van der Waals surface area (Å²) in [6.07, 6.45) is 1.58. The minimum absolute atomic E-state index is 0.0251. The van der Waals surface area contributed by atoms with Crippen LogP contribution in [0.4, 0.5) is 5.82 Å². The third kappa shape index (κ3) is 7.84. The molecule has 0 radical (unpaired) electrons. The predicted molar refractivity (Wildman–Crippen MR) is 127 cm³/mol. The van der Waals surface area contributed by atoms with Crippen LogP contribution < -0.4 is 10.4 Å². The van der Waals surface area contributed by atoms with E-state index in [9.17, 15) is 9.59 Å². The molecule has 0 unspecified atom stereocenters. The van der Waals surface area contributed by atoms with Crippen molar-refractivity contribution >= 4 is 40.6 Å². The van der Waals surface area contributed by atoms with Crippen molar-refractivity contribution in [3.05, 3.63) is 33.4 Å². The molecule has 2 aromatic heterocycles. The standard InChI is InChI=1S/C21H29ClN6O5S/c1-27(18-4-3-17(22)24-25-18)26-20(30)16-14-34-21(23-16)15-5-7-28(8-6-15)19(29)13-33-12-11-32-10-9-31-2/h3-4,14-15H,5-13H2,1-2H3,(H,26,30). The number of piperidine rings is 1. The number of thiazole rings is 1. The van der Waals surface area contributed by atoms with Crippen LogP contribution in [0.5, 0.6) is 0 Å². The smallest absolute Gasteiger partial charge is 0.289 e. The minimum Gasteiger partial charge on any atom is -0.382 e. The highest BCUT2D eigenvalue weighted by Gasteiger charge is 2.26. The molecule has 3 heterocycles. The van der Waals surface area contributed by atoms with Crippen molar-refractivity contribution in [1.29, 1.82) is 0 Å². The number of amides is 2. The monoisotopic (exact) mass is 512 g/mol. The lowest BCUT2D eigenvalue weighted by Gasteiger charge is -2.31. The average Bonchev–Trinajstić information content (AvgIpc) is 3.34. The molecule has 11 nitrogen and oxygen atoms in total. The number of hydrazine groups is 1. The number of aromatic nitrogens is 3. The van der Waals surface area contributed by atoms with Gasteiger partial charge in [-0.1, -0.05) is 11.6 Å². The SMILES string of the molecule is COCCOCCOCC(=O)N1CCC(c2nc(C(=O)NN(C)c3ccc(Cl)nn3)cs2)CC1. The lowest BCUT2D eigenvalue weighted by Crippen LogP contribution is -2.40. The molecule has 1 aliphatic rings. The Kier molecular flexibility index (Phi) is 10.4. The largest absolute Gasteiger partial charge is 0.382 e. The number of carbonyl (C=O) groups is 2. The first kappa shape index (κ1) is 26.2. The Labute approximate surface area is 207 Å². The summed E-state index contributed by atoms with van der Waals surface area (Å²) in [7, 11) is 3.28. The minimum atomic E-state index is -0.335. The first-order valence-electron chi connectivity index (χ1n) is 10.9. The van der Waals surface area contributed by atoms with Crippen LogP contribution >= 0.6 is 22.9 Å². The number of nitrogens with one attached hydrogen (secondary N) is 1. The van der Waals surface area contributed by atoms with Gasteiger partial charge in [0, 0.05) is 38.5 Å². The highest BCUT2D eigenvalue weighted by atomic mass is 35.5. The van der Waals surface area contributed by atoms with Gasteiger partial charge in [0.15, 0.2) is 11.0 Å². The summed E-state index contributed by atoms with van der Waals surface area (Å²) >= 11 is 7.20. The lowest BCUT2D eigenvalue weighted by atomic mass is 9.97. The zero-order valence-corrected chi connectivity index (χ0v) is 20.8. The van der Waals surface area contributed by atoms with E-state index in [2.05, 4.69) is 20.6 Å². The van der Waals surface area contributed by atoms with Gasteiger partial charge in [-0.15, -0.1) is 21.5 Å². The number of methoxy groups -OCH3 is 1. The van der Waals surface area contributed by atoms with E-state index in [1.807, 2.05) is 4.90 Å². The molecule has 2 amide bonds. The Bertz CT molecular complexity index is 923. The summed E-state index contributed by atoms with van der Waals surface area (Å²) in [5.74, 6) is 0.305. The van der Waals surface area contributed by atoms with Crippen molar-refractivity contribution in [3.63, 3.8) is 0 Å². The van der Waals surface area contributed by atoms with Crippen LogP contribution in [-0.2, 0) is 19.0 Å². The summed E-state index contributed by atoms with van der Waals surface area (Å²) in [4.78, 5) is 31.3. The quantitative estimate of drug-likeness (QED) is 0.335. The van der Waals surface area contributed by atoms with Crippen molar-refractivity contribution in [2.24, 2.45) is 0 Å². The Morgan fingerprint density at radius 1 is 1.18 bits per heavy atom. The summed E-state index contributed by atoms with van der Waals surface area (Å²) in [6.45, 7) is 3.17. The maximum absolute atomic E-state index is 12.6. The summed E-state index contributed by atoms with van der Waals surface area (Å²) in [5.41, 5.74) is 3.06. The maximum atomic E-state index is 12.6. The fourth-order valence-electron chi connectivity index (χ4n) is 3.32. The number of nitrogens with zero attached hydrogens (tertiary/aromatic N) is 5. The molecule has 0 spiro atoms. The van der Waals surface area contributed by atoms with Gasteiger partial charge in [-0.25, -0.2) is 4.98 Å². The average molecular weight is 513 g/mol. The van der Waals surface area contributed by atoms with Crippen molar-refractivity contribution in [1.82, 2.24) is 25.5 Å². The van der Waals surface area contributed by atoms with Gasteiger partial charge in [0.1, 0.15) is 12.3 Å². The van der Waals surface area contributed by atoms with Crippen LogP contribution in [-0.4, -0.2) is 92.2 Å². The molecule has 0 atom stereocenters. The Balaban J connectivity index is 1.39. The topological polar surface area (TPSA) is 119 Å². The van der Waals surface area contributed by atoms with Crippen molar-refractivity contribution in [2.45, 2.75) is 18.8 Å². The highest BCUT2D eigenvalue weighted by Crippen LogP contribution is 2.30. The number of likely N-dealkylation sites (tertiary alicyclic amines) is 1. The van der Waals surface area contributed by atoms with Crippen molar-refractivity contribution in [2.75, 3.05) is 65.3 Å². The molecule has 1 aliphatic heterocycles. The second-order valence-electron chi connectivity index (χ2n) is 7.60. The number of hydrogen-bond acceptors (Lipinski definition) is 10. The molecule has 186 valence electrons. The zero-order chi connectivity index (χ0) is 24.3. The molecular formula is C21H29ClN6O5S. The fourth-order valence-corrected chi connectivity index (χ4v) is 4.40. The van der Waals surface area contributed by atoms with Gasteiger partial charge in [0.2, 0.25) is 5.91 Å². The van der Waals surface area contributed by atoms with Gasteiger partial charge in [-0.05, 0) is 25.0 Å². The van der Waals surface area contributed by atoms with Gasteiger partial charge in [0.25, 0.3) is 5.91 Å². The Morgan fingerprint density at radius 2 is 1.91 bits per heavy atom. The predicted octanol–water partition coefficient (Wildman–Crippen LogP) is 1.75. The molecule has 3 rings (SSSR count). The van der Waals surface area contributed by atoms with Crippen LogP contribution in [0.3, 0.4) is 0 Å². The molecule has 0 aromatic carbocycles. The molecule has 1 fully saturated rings. The first-order valence-corrected chi connectivity index (χ1v) is 12.1. The van der Waals surface area contributed by atoms with Crippen molar-refractivity contribution in [3.8, 4) is 0 Å². The number of anilines is 1. The van der Waals surface area contributed by atoms with E-state index < -0.39 is 0 Å². The second kappa shape index (κ2) is 13.5. The van der Waals surface area contributed by atoms with E-state index in [1.165, 1.54) is 16.3 Å². The number of carbonyl (C=O) groups excluding carboxylic acids is 2. The number of rotatable bonds is 12. The molecular weight excluding hydrogens is 484 g/mol. The number of ether oxygens (including phenoxy) is 3. The third-order valence-corrected chi connectivity index (χ3v) is 6.42.